The van der Waals surface area contributed by atoms with Gasteiger partial charge in [0.15, 0.2) is 0 Å². The molecule has 5 heteroatoms. The molecule has 2 aromatic rings. The van der Waals surface area contributed by atoms with E-state index in [2.05, 4.69) is 45.7 Å². The van der Waals surface area contributed by atoms with Crippen molar-refractivity contribution >= 4 is 50.6 Å². The van der Waals surface area contributed by atoms with E-state index in [0.29, 0.717) is 6.04 Å². The van der Waals surface area contributed by atoms with Gasteiger partial charge < -0.3 is 5.32 Å². The number of nitrogens with one attached hydrogen (secondary N) is 1. The van der Waals surface area contributed by atoms with Gasteiger partial charge in [-0.2, -0.15) is 0 Å². The molecule has 2 rings (SSSR count). The van der Waals surface area contributed by atoms with Crippen LogP contribution in [-0.4, -0.2) is 18.3 Å². The van der Waals surface area contributed by atoms with Crippen molar-refractivity contribution in [3.05, 3.63) is 50.1 Å². The first-order chi connectivity index (χ1) is 9.69. The van der Waals surface area contributed by atoms with E-state index in [1.807, 2.05) is 30.0 Å². The van der Waals surface area contributed by atoms with Crippen molar-refractivity contribution in [2.45, 2.75) is 24.3 Å². The molecule has 0 spiro atoms. The Morgan fingerprint density at radius 1 is 1.40 bits per heavy atom. The topological polar surface area (TPSA) is 12.0 Å². The minimum Gasteiger partial charge on any atom is -0.313 e. The highest BCUT2D eigenvalue weighted by molar-refractivity contribution is 9.10. The Morgan fingerprint density at radius 3 is 2.85 bits per heavy atom. The third kappa shape index (κ3) is 5.08. The predicted octanol–water partition coefficient (Wildman–Crippen LogP) is 5.48. The summed E-state index contributed by atoms with van der Waals surface area (Å²) in [5.74, 6) is 1.02. The van der Waals surface area contributed by atoms with Crippen LogP contribution in [0.5, 0.6) is 0 Å². The number of likely N-dealkylation sites (N-methyl/N-ethyl adjacent to an activating group) is 1. The number of thioether (sulfide) groups is 1. The predicted molar refractivity (Wildman–Crippen MR) is 95.4 cm³/mol. The Morgan fingerprint density at radius 2 is 2.20 bits per heavy atom. The highest BCUT2D eigenvalue weighted by Gasteiger charge is 2.11. The molecule has 0 saturated heterocycles. The van der Waals surface area contributed by atoms with Crippen molar-refractivity contribution in [3.63, 3.8) is 0 Å². The summed E-state index contributed by atoms with van der Waals surface area (Å²) in [6, 6.07) is 10.7. The van der Waals surface area contributed by atoms with Crippen LogP contribution in [0.2, 0.25) is 5.02 Å². The highest BCUT2D eigenvalue weighted by atomic mass is 79.9. The lowest BCUT2D eigenvalue weighted by Gasteiger charge is -2.17. The number of thiophene rings is 1. The van der Waals surface area contributed by atoms with Gasteiger partial charge >= 0.3 is 0 Å². The standard InChI is InChI=1S/C15H17BrClNS2/c1-2-18-12(8-13-7-11(16)9-19-13)10-20-15-6-4-3-5-14(15)17/h3-7,9,12,18H,2,8,10H2,1H3. The van der Waals surface area contributed by atoms with Crippen molar-refractivity contribution in [2.24, 2.45) is 0 Å². The molecule has 1 N–H and O–H groups in total. The summed E-state index contributed by atoms with van der Waals surface area (Å²) in [6.07, 6.45) is 1.06. The molecule has 1 atom stereocenters. The Labute approximate surface area is 142 Å². The zero-order valence-corrected chi connectivity index (χ0v) is 15.2. The second kappa shape index (κ2) is 8.44. The molecule has 1 nitrogen and oxygen atoms in total. The van der Waals surface area contributed by atoms with Crippen molar-refractivity contribution < 1.29 is 0 Å². The summed E-state index contributed by atoms with van der Waals surface area (Å²) in [5, 5.41) is 6.54. The monoisotopic (exact) mass is 389 g/mol. The maximum absolute atomic E-state index is 6.20. The number of benzene rings is 1. The van der Waals surface area contributed by atoms with Crippen molar-refractivity contribution in [3.8, 4) is 0 Å². The van der Waals surface area contributed by atoms with Crippen LogP contribution in [0.3, 0.4) is 0 Å². The van der Waals surface area contributed by atoms with Gasteiger partial charge in [0.1, 0.15) is 0 Å². The van der Waals surface area contributed by atoms with Gasteiger partial charge in [-0.05, 0) is 47.1 Å². The zero-order valence-electron chi connectivity index (χ0n) is 11.2. The first-order valence-corrected chi connectivity index (χ1v) is 9.56. The van der Waals surface area contributed by atoms with Crippen molar-refractivity contribution in [2.75, 3.05) is 12.3 Å². The molecular weight excluding hydrogens is 374 g/mol. The smallest absolute Gasteiger partial charge is 0.0541 e. The second-order valence-corrected chi connectivity index (χ2v) is 7.81. The Kier molecular flexibility index (Phi) is 6.91. The molecule has 0 radical (unpaired) electrons. The van der Waals surface area contributed by atoms with Gasteiger partial charge in [-0.1, -0.05) is 30.7 Å². The average molecular weight is 391 g/mol. The van der Waals surface area contributed by atoms with Crippen molar-refractivity contribution in [1.82, 2.24) is 5.32 Å². The lowest BCUT2D eigenvalue weighted by atomic mass is 10.2. The van der Waals surface area contributed by atoms with Gasteiger partial charge in [0.05, 0.1) is 5.02 Å². The van der Waals surface area contributed by atoms with Crippen LogP contribution in [0.4, 0.5) is 0 Å². The zero-order chi connectivity index (χ0) is 14.4. The van der Waals surface area contributed by atoms with Crippen LogP contribution >= 0.6 is 50.6 Å². The van der Waals surface area contributed by atoms with Gasteiger partial charge in [0.25, 0.3) is 0 Å². The van der Waals surface area contributed by atoms with Gasteiger partial charge in [-0.25, -0.2) is 0 Å². The Hall–Kier alpha value is -0.0000000000000000833. The van der Waals surface area contributed by atoms with E-state index in [-0.39, 0.29) is 0 Å². The second-order valence-electron chi connectivity index (χ2n) is 4.43. The van der Waals surface area contributed by atoms with E-state index in [4.69, 9.17) is 11.6 Å². The van der Waals surface area contributed by atoms with Gasteiger partial charge in [-0.3, -0.25) is 0 Å². The van der Waals surface area contributed by atoms with Gasteiger partial charge in [0.2, 0.25) is 0 Å². The summed E-state index contributed by atoms with van der Waals surface area (Å²) in [5.41, 5.74) is 0. The van der Waals surface area contributed by atoms with Gasteiger partial charge in [-0.15, -0.1) is 23.1 Å². The van der Waals surface area contributed by atoms with Crippen LogP contribution in [-0.2, 0) is 6.42 Å². The minimum absolute atomic E-state index is 0.465. The molecule has 108 valence electrons. The van der Waals surface area contributed by atoms with Crippen LogP contribution in [0.15, 0.2) is 45.1 Å². The van der Waals surface area contributed by atoms with E-state index < -0.39 is 0 Å². The van der Waals surface area contributed by atoms with E-state index in [1.165, 1.54) is 9.35 Å². The summed E-state index contributed by atoms with van der Waals surface area (Å²) in [7, 11) is 0. The fourth-order valence-electron chi connectivity index (χ4n) is 1.93. The summed E-state index contributed by atoms with van der Waals surface area (Å²) in [6.45, 7) is 3.14. The molecule has 0 amide bonds. The number of hydrogen-bond donors (Lipinski definition) is 1. The molecule has 1 heterocycles. The fourth-order valence-corrected chi connectivity index (χ4v) is 4.76. The average Bonchev–Trinajstić information content (AvgIpc) is 2.83. The molecule has 0 fully saturated rings. The summed E-state index contributed by atoms with van der Waals surface area (Å²) in [4.78, 5) is 2.56. The summed E-state index contributed by atoms with van der Waals surface area (Å²) < 4.78 is 1.17. The Balaban J connectivity index is 1.94. The fraction of sp³-hybridized carbons (Fsp3) is 0.333. The first kappa shape index (κ1) is 16.4. The first-order valence-electron chi connectivity index (χ1n) is 6.52. The molecule has 1 aromatic heterocycles. The molecule has 1 aromatic carbocycles. The van der Waals surface area contributed by atoms with Crippen LogP contribution in [0.1, 0.15) is 11.8 Å². The van der Waals surface area contributed by atoms with E-state index in [0.717, 1.165) is 28.6 Å². The maximum Gasteiger partial charge on any atom is 0.0541 e. The largest absolute Gasteiger partial charge is 0.313 e. The van der Waals surface area contributed by atoms with Crippen LogP contribution in [0, 0.1) is 0 Å². The van der Waals surface area contributed by atoms with Crippen LogP contribution in [0.25, 0.3) is 0 Å². The normalized spacial score (nSPS) is 12.6. The van der Waals surface area contributed by atoms with E-state index in [1.54, 1.807) is 11.3 Å². The van der Waals surface area contributed by atoms with E-state index >= 15 is 0 Å². The van der Waals surface area contributed by atoms with E-state index in [9.17, 15) is 0 Å². The molecule has 0 saturated carbocycles. The molecule has 0 aliphatic heterocycles. The minimum atomic E-state index is 0.465. The molecule has 0 bridgehead atoms. The quantitative estimate of drug-likeness (QED) is 0.628. The maximum atomic E-state index is 6.20. The van der Waals surface area contributed by atoms with Crippen molar-refractivity contribution in [1.29, 1.82) is 0 Å². The third-order valence-corrected chi connectivity index (χ3v) is 6.24. The van der Waals surface area contributed by atoms with Crippen LogP contribution < -0.4 is 5.32 Å². The molecular formula is C15H17BrClNS2. The number of rotatable bonds is 7. The highest BCUT2D eigenvalue weighted by Crippen LogP contribution is 2.28. The SMILES string of the molecule is CCNC(CSc1ccccc1Cl)Cc1cc(Br)cs1. The molecule has 20 heavy (non-hydrogen) atoms. The molecule has 1 unspecified atom stereocenters. The Bertz CT molecular complexity index is 544. The number of hydrogen-bond acceptors (Lipinski definition) is 3. The third-order valence-electron chi connectivity index (χ3n) is 2.84. The molecule has 0 aliphatic carbocycles. The molecule has 0 aliphatic rings. The number of halogens is 2. The lowest BCUT2D eigenvalue weighted by molar-refractivity contribution is 0.576. The summed E-state index contributed by atoms with van der Waals surface area (Å²) >= 11 is 13.3. The van der Waals surface area contributed by atoms with Gasteiger partial charge in [0, 0.05) is 31.4 Å². The lowest BCUT2D eigenvalue weighted by Crippen LogP contribution is -2.32.